The van der Waals surface area contributed by atoms with Gasteiger partial charge in [-0.05, 0) is 105 Å². The number of hydrogen-bond acceptors (Lipinski definition) is 3. The Bertz CT molecular complexity index is 1950. The molecule has 0 atom stereocenters. The molecule has 0 spiro atoms. The van der Waals surface area contributed by atoms with Crippen molar-refractivity contribution in [2.75, 3.05) is 0 Å². The number of nitrogens with zero attached hydrogens (tertiary/aromatic N) is 2. The van der Waals surface area contributed by atoms with E-state index in [1.165, 1.54) is 44.5 Å². The van der Waals surface area contributed by atoms with E-state index in [0.717, 1.165) is 47.3 Å². The van der Waals surface area contributed by atoms with Gasteiger partial charge in [-0.2, -0.15) is 5.26 Å². The zero-order valence-corrected chi connectivity index (χ0v) is 25.2. The quantitative estimate of drug-likeness (QED) is 0.212. The van der Waals surface area contributed by atoms with Gasteiger partial charge in [0.15, 0.2) is 0 Å². The van der Waals surface area contributed by atoms with Crippen molar-refractivity contribution in [3.63, 3.8) is 0 Å². The van der Waals surface area contributed by atoms with Crippen molar-refractivity contribution in [3.05, 3.63) is 161 Å². The van der Waals surface area contributed by atoms with Crippen molar-refractivity contribution in [1.29, 1.82) is 5.26 Å². The first-order valence-corrected chi connectivity index (χ1v) is 15.2. The smallest absolute Gasteiger partial charge is 0.0991 e. The molecule has 4 aromatic carbocycles. The fourth-order valence-electron chi connectivity index (χ4n) is 5.93. The van der Waals surface area contributed by atoms with E-state index in [9.17, 15) is 0 Å². The highest BCUT2D eigenvalue weighted by Gasteiger charge is 2.16. The maximum absolute atomic E-state index is 9.15. The van der Waals surface area contributed by atoms with Gasteiger partial charge in [0.05, 0.1) is 17.3 Å². The molecule has 0 fully saturated rings. The Labute approximate surface area is 260 Å². The lowest BCUT2D eigenvalue weighted by Gasteiger charge is -2.18. The molecular weight excluding hydrogens is 534 g/mol. The molecule has 6 rings (SSSR count). The van der Waals surface area contributed by atoms with Crippen LogP contribution < -0.4 is 5.73 Å². The lowest BCUT2D eigenvalue weighted by molar-refractivity contribution is 0.923. The second-order valence-corrected chi connectivity index (χ2v) is 11.3. The third-order valence-corrected chi connectivity index (χ3v) is 8.30. The van der Waals surface area contributed by atoms with Crippen molar-refractivity contribution in [1.82, 2.24) is 4.98 Å². The minimum absolute atomic E-state index is 0.668. The van der Waals surface area contributed by atoms with Gasteiger partial charge in [-0.15, -0.1) is 0 Å². The zero-order valence-electron chi connectivity index (χ0n) is 25.2. The largest absolute Gasteiger partial charge is 0.398 e. The number of nitriles is 1. The summed E-state index contributed by atoms with van der Waals surface area (Å²) in [7, 11) is 0. The van der Waals surface area contributed by atoms with Crippen LogP contribution in [0, 0.1) is 18.3 Å². The summed E-state index contributed by atoms with van der Waals surface area (Å²) in [6, 6.07) is 35.9. The predicted molar refractivity (Wildman–Crippen MR) is 183 cm³/mol. The van der Waals surface area contributed by atoms with Crippen molar-refractivity contribution in [2.45, 2.75) is 33.1 Å². The predicted octanol–water partition coefficient (Wildman–Crippen LogP) is 9.71. The van der Waals surface area contributed by atoms with Crippen molar-refractivity contribution in [2.24, 2.45) is 5.73 Å². The Hall–Kier alpha value is -5.46. The summed E-state index contributed by atoms with van der Waals surface area (Å²) in [6.07, 6.45) is 13.1. The molecule has 3 heteroatoms. The summed E-state index contributed by atoms with van der Waals surface area (Å²) in [5, 5.41) is 9.15. The Balaban J connectivity index is 1.36. The maximum atomic E-state index is 9.15. The Morgan fingerprint density at radius 2 is 1.61 bits per heavy atom. The molecule has 3 nitrogen and oxygen atoms in total. The van der Waals surface area contributed by atoms with E-state index in [2.05, 4.69) is 110 Å². The summed E-state index contributed by atoms with van der Waals surface area (Å²) in [5.41, 5.74) is 22.2. The van der Waals surface area contributed by atoms with Gasteiger partial charge in [-0.1, -0.05) is 104 Å². The first-order valence-electron chi connectivity index (χ1n) is 15.2. The highest BCUT2D eigenvalue weighted by atomic mass is 14.7. The number of hydrogen-bond donors (Lipinski definition) is 1. The summed E-state index contributed by atoms with van der Waals surface area (Å²) in [6.45, 7) is 4.42. The van der Waals surface area contributed by atoms with Gasteiger partial charge in [-0.3, -0.25) is 4.98 Å². The number of aromatic nitrogens is 1. The van der Waals surface area contributed by atoms with Gasteiger partial charge >= 0.3 is 0 Å². The van der Waals surface area contributed by atoms with Crippen molar-refractivity contribution < 1.29 is 0 Å². The number of benzene rings is 4. The second-order valence-electron chi connectivity index (χ2n) is 11.3. The first-order chi connectivity index (χ1) is 21.5. The third kappa shape index (κ3) is 6.02. The van der Waals surface area contributed by atoms with Crippen LogP contribution in [0.3, 0.4) is 0 Å². The van der Waals surface area contributed by atoms with Crippen LogP contribution in [0.2, 0.25) is 0 Å². The normalized spacial score (nSPS) is 13.5. The van der Waals surface area contributed by atoms with Crippen LogP contribution in [0.5, 0.6) is 0 Å². The number of allylic oxidation sites excluding steroid dienone is 4. The fourth-order valence-corrected chi connectivity index (χ4v) is 5.93. The first kappa shape index (κ1) is 28.6. The summed E-state index contributed by atoms with van der Waals surface area (Å²) in [4.78, 5) is 4.54. The molecule has 1 aliphatic rings. The molecule has 1 aliphatic carbocycles. The standard InChI is InChI=1S/C41H35N3/c1-3-6-33-21-22-36(39(43)23-13-29-10-16-35-8-5-24-44-40(35)25-29)26-38(33)41-28(2)7-4-9-37(41)34-19-17-32(18-20-34)31-14-11-30(27-42)12-15-31/h4-5,7-24,26H,3,6,25,43H2,1-2H3/b29-13-,39-23-. The van der Waals surface area contributed by atoms with Crippen LogP contribution in [0.1, 0.15) is 46.9 Å². The molecular formula is C41H35N3. The minimum atomic E-state index is 0.668. The highest BCUT2D eigenvalue weighted by molar-refractivity contribution is 5.89. The van der Waals surface area contributed by atoms with Gasteiger partial charge in [0, 0.05) is 18.3 Å². The Morgan fingerprint density at radius 1 is 0.864 bits per heavy atom. The second kappa shape index (κ2) is 12.8. The van der Waals surface area contributed by atoms with Gasteiger partial charge in [-0.25, -0.2) is 0 Å². The lowest BCUT2D eigenvalue weighted by Crippen LogP contribution is -2.01. The Kier molecular flexibility index (Phi) is 8.34. The summed E-state index contributed by atoms with van der Waals surface area (Å²) in [5.74, 6) is 0. The van der Waals surface area contributed by atoms with E-state index >= 15 is 0 Å². The van der Waals surface area contributed by atoms with Crippen LogP contribution in [-0.2, 0) is 12.8 Å². The molecule has 0 saturated heterocycles. The summed E-state index contributed by atoms with van der Waals surface area (Å²) < 4.78 is 0. The SMILES string of the molecule is CCCc1ccc(/C(N)=C/C=C2/C=Cc3cccnc3C2)cc1-c1c(C)cccc1-c1ccc(-c2ccc(C#N)cc2)cc1. The van der Waals surface area contributed by atoms with E-state index in [4.69, 9.17) is 11.0 Å². The lowest BCUT2D eigenvalue weighted by atomic mass is 9.86. The zero-order chi connectivity index (χ0) is 30.5. The molecule has 44 heavy (non-hydrogen) atoms. The molecule has 0 aliphatic heterocycles. The number of aryl methyl sites for hydroxylation is 2. The third-order valence-electron chi connectivity index (χ3n) is 8.30. The molecule has 0 radical (unpaired) electrons. The number of rotatable bonds is 7. The van der Waals surface area contributed by atoms with Gasteiger partial charge in [0.25, 0.3) is 0 Å². The van der Waals surface area contributed by atoms with E-state index in [-0.39, 0.29) is 0 Å². The summed E-state index contributed by atoms with van der Waals surface area (Å²) >= 11 is 0. The van der Waals surface area contributed by atoms with Crippen LogP contribution in [0.4, 0.5) is 0 Å². The van der Waals surface area contributed by atoms with E-state index < -0.39 is 0 Å². The van der Waals surface area contributed by atoms with Gasteiger partial charge in [0.2, 0.25) is 0 Å². The van der Waals surface area contributed by atoms with Crippen molar-refractivity contribution >= 4 is 11.8 Å². The van der Waals surface area contributed by atoms with Crippen LogP contribution in [-0.4, -0.2) is 4.98 Å². The highest BCUT2D eigenvalue weighted by Crippen LogP contribution is 2.39. The van der Waals surface area contributed by atoms with Crippen LogP contribution >= 0.6 is 0 Å². The average molecular weight is 570 g/mol. The number of pyridine rings is 1. The van der Waals surface area contributed by atoms with E-state index in [0.29, 0.717) is 5.56 Å². The molecule has 5 aromatic rings. The topological polar surface area (TPSA) is 62.7 Å². The molecule has 2 N–H and O–H groups in total. The molecule has 0 saturated carbocycles. The van der Waals surface area contributed by atoms with Crippen LogP contribution in [0.15, 0.2) is 127 Å². The van der Waals surface area contributed by atoms with Gasteiger partial charge < -0.3 is 5.73 Å². The maximum Gasteiger partial charge on any atom is 0.0991 e. The Morgan fingerprint density at radius 3 is 2.36 bits per heavy atom. The minimum Gasteiger partial charge on any atom is -0.398 e. The average Bonchev–Trinajstić information content (AvgIpc) is 3.07. The number of nitrogens with two attached hydrogens (primary N) is 1. The van der Waals surface area contributed by atoms with E-state index in [1.807, 2.05) is 42.6 Å². The van der Waals surface area contributed by atoms with E-state index in [1.54, 1.807) is 0 Å². The molecule has 1 heterocycles. The number of fused-ring (bicyclic) bond motifs is 1. The fraction of sp³-hybridized carbons (Fsp3) is 0.122. The molecule has 214 valence electrons. The molecule has 1 aromatic heterocycles. The van der Waals surface area contributed by atoms with Crippen LogP contribution in [0.25, 0.3) is 45.2 Å². The molecule has 0 unspecified atom stereocenters. The molecule has 0 bridgehead atoms. The molecule has 0 amide bonds. The van der Waals surface area contributed by atoms with Gasteiger partial charge in [0.1, 0.15) is 0 Å². The monoisotopic (exact) mass is 569 g/mol. The van der Waals surface area contributed by atoms with Crippen molar-refractivity contribution in [3.8, 4) is 39.4 Å².